The highest BCUT2D eigenvalue weighted by Crippen LogP contribution is 2.32. The van der Waals surface area contributed by atoms with E-state index in [4.69, 9.17) is 4.74 Å². The van der Waals surface area contributed by atoms with Crippen LogP contribution in [0.5, 0.6) is 11.5 Å². The predicted molar refractivity (Wildman–Crippen MR) is 147 cm³/mol. The fraction of sp³-hybridized carbons (Fsp3) is 0.387. The van der Waals surface area contributed by atoms with Gasteiger partial charge in [-0.3, -0.25) is 14.6 Å². The monoisotopic (exact) mass is 499 g/mol. The van der Waals surface area contributed by atoms with E-state index >= 15 is 0 Å². The van der Waals surface area contributed by atoms with Crippen molar-refractivity contribution in [3.05, 3.63) is 83.2 Å². The van der Waals surface area contributed by atoms with Crippen LogP contribution in [0.4, 0.5) is 5.69 Å². The maximum atomic E-state index is 13.1. The number of hydrogen-bond acceptors (Lipinski definition) is 4. The summed E-state index contributed by atoms with van der Waals surface area (Å²) in [6.45, 7) is 10.6. The van der Waals surface area contributed by atoms with Gasteiger partial charge in [0.15, 0.2) is 0 Å². The quantitative estimate of drug-likeness (QED) is 0.406. The van der Waals surface area contributed by atoms with Gasteiger partial charge in [-0.15, -0.1) is 0 Å². The number of fused-ring (bicyclic) bond motifs is 1. The highest BCUT2D eigenvalue weighted by Gasteiger charge is 2.25. The second-order valence-corrected chi connectivity index (χ2v) is 11.1. The van der Waals surface area contributed by atoms with Gasteiger partial charge in [0.05, 0.1) is 12.2 Å². The molecule has 0 saturated carbocycles. The second-order valence-electron chi connectivity index (χ2n) is 11.1. The van der Waals surface area contributed by atoms with Crippen molar-refractivity contribution in [1.29, 1.82) is 0 Å². The number of amides is 2. The van der Waals surface area contributed by atoms with E-state index in [1.807, 2.05) is 44.2 Å². The Morgan fingerprint density at radius 2 is 1.81 bits per heavy atom. The van der Waals surface area contributed by atoms with Crippen LogP contribution in [0, 0.1) is 11.8 Å². The minimum Gasteiger partial charge on any atom is -0.457 e. The third-order valence-electron chi connectivity index (χ3n) is 6.76. The summed E-state index contributed by atoms with van der Waals surface area (Å²) in [5, 5.41) is 6.01. The minimum atomic E-state index is -0.0851. The summed E-state index contributed by atoms with van der Waals surface area (Å²) in [4.78, 5) is 29.3. The molecular weight excluding hydrogens is 462 g/mol. The van der Waals surface area contributed by atoms with E-state index in [0.717, 1.165) is 35.5 Å². The molecule has 2 aromatic carbocycles. The summed E-state index contributed by atoms with van der Waals surface area (Å²) in [5.41, 5.74) is 5.21. The number of rotatable bonds is 7. The lowest BCUT2D eigenvalue weighted by atomic mass is 9.83. The number of carbonyl (C=O) groups is 2. The van der Waals surface area contributed by atoms with Crippen molar-refractivity contribution in [2.24, 2.45) is 11.8 Å². The SMILES string of the molecule is CC(C)C(=O)NCc1cc(Oc2ccc3c(c2)CC(C(=O)Nc2cccc(C(C)(C)C)c2)CC3)ccn1. The summed E-state index contributed by atoms with van der Waals surface area (Å²) in [5.74, 6) is 1.27. The normalized spacial score (nSPS) is 15.1. The summed E-state index contributed by atoms with van der Waals surface area (Å²) in [6, 6.07) is 17.9. The molecule has 1 aliphatic rings. The van der Waals surface area contributed by atoms with E-state index in [2.05, 4.69) is 54.6 Å². The van der Waals surface area contributed by atoms with Crippen molar-refractivity contribution >= 4 is 17.5 Å². The van der Waals surface area contributed by atoms with Gasteiger partial charge >= 0.3 is 0 Å². The van der Waals surface area contributed by atoms with Crippen molar-refractivity contribution in [2.75, 3.05) is 5.32 Å². The Morgan fingerprint density at radius 3 is 2.57 bits per heavy atom. The molecule has 194 valence electrons. The first-order chi connectivity index (χ1) is 17.6. The first kappa shape index (κ1) is 26.4. The van der Waals surface area contributed by atoms with Crippen molar-refractivity contribution in [3.63, 3.8) is 0 Å². The molecule has 2 N–H and O–H groups in total. The Hall–Kier alpha value is -3.67. The lowest BCUT2D eigenvalue weighted by molar-refractivity contribution is -0.124. The van der Waals surface area contributed by atoms with Gasteiger partial charge in [0.1, 0.15) is 11.5 Å². The number of aromatic nitrogens is 1. The molecule has 1 heterocycles. The molecule has 4 rings (SSSR count). The third kappa shape index (κ3) is 6.97. The molecule has 1 aliphatic carbocycles. The molecule has 6 heteroatoms. The van der Waals surface area contributed by atoms with Gasteiger partial charge in [-0.25, -0.2) is 0 Å². The standard InChI is InChI=1S/C31H37N3O3/c1-20(2)29(35)33-19-26-18-28(13-14-32-26)37-27-12-11-21-9-10-22(15-23(21)16-27)30(36)34-25-8-6-7-24(17-25)31(3,4)5/h6-8,11-14,16-18,20,22H,9-10,15,19H2,1-5H3,(H,33,35)(H,34,36). The topological polar surface area (TPSA) is 80.3 Å². The lowest BCUT2D eigenvalue weighted by Gasteiger charge is -2.25. The minimum absolute atomic E-state index is 0.0108. The molecule has 0 bridgehead atoms. The summed E-state index contributed by atoms with van der Waals surface area (Å²) < 4.78 is 6.12. The number of pyridine rings is 1. The van der Waals surface area contributed by atoms with Crippen molar-refractivity contribution in [2.45, 2.75) is 65.8 Å². The molecule has 0 spiro atoms. The molecule has 1 aromatic heterocycles. The molecule has 3 aromatic rings. The number of hydrogen-bond donors (Lipinski definition) is 2. The molecule has 37 heavy (non-hydrogen) atoms. The molecule has 2 amide bonds. The molecule has 1 unspecified atom stereocenters. The van der Waals surface area contributed by atoms with E-state index in [0.29, 0.717) is 18.7 Å². The largest absolute Gasteiger partial charge is 0.457 e. The van der Waals surface area contributed by atoms with Crippen molar-refractivity contribution in [3.8, 4) is 11.5 Å². The van der Waals surface area contributed by atoms with Crippen LogP contribution in [0.2, 0.25) is 0 Å². The van der Waals surface area contributed by atoms with Crippen LogP contribution in [0.3, 0.4) is 0 Å². The third-order valence-corrected chi connectivity index (χ3v) is 6.76. The van der Waals surface area contributed by atoms with Crippen LogP contribution in [-0.4, -0.2) is 16.8 Å². The number of carbonyl (C=O) groups excluding carboxylic acids is 2. The van der Waals surface area contributed by atoms with Crippen LogP contribution in [0.25, 0.3) is 0 Å². The number of anilines is 1. The Kier molecular flexibility index (Phi) is 7.96. The maximum Gasteiger partial charge on any atom is 0.227 e. The van der Waals surface area contributed by atoms with Crippen LogP contribution in [0.1, 0.15) is 63.4 Å². The van der Waals surface area contributed by atoms with Gasteiger partial charge in [-0.2, -0.15) is 0 Å². The maximum absolute atomic E-state index is 13.1. The zero-order chi connectivity index (χ0) is 26.6. The second kappa shape index (κ2) is 11.2. The molecule has 0 aliphatic heterocycles. The van der Waals surface area contributed by atoms with E-state index in [1.54, 1.807) is 12.3 Å². The Morgan fingerprint density at radius 1 is 1.03 bits per heavy atom. The first-order valence-corrected chi connectivity index (χ1v) is 13.0. The van der Waals surface area contributed by atoms with Gasteiger partial charge in [0.25, 0.3) is 0 Å². The molecule has 0 fully saturated rings. The van der Waals surface area contributed by atoms with E-state index in [-0.39, 0.29) is 29.1 Å². The van der Waals surface area contributed by atoms with Gasteiger partial charge in [-0.1, -0.05) is 52.8 Å². The number of benzene rings is 2. The summed E-state index contributed by atoms with van der Waals surface area (Å²) >= 11 is 0. The van der Waals surface area contributed by atoms with Gasteiger partial charge in [0.2, 0.25) is 11.8 Å². The Labute approximate surface area is 219 Å². The number of nitrogens with zero attached hydrogens (tertiary/aromatic N) is 1. The lowest BCUT2D eigenvalue weighted by Crippen LogP contribution is -2.28. The fourth-order valence-corrected chi connectivity index (χ4v) is 4.46. The number of aryl methyl sites for hydroxylation is 1. The molecule has 0 saturated heterocycles. The highest BCUT2D eigenvalue weighted by molar-refractivity contribution is 5.93. The zero-order valence-corrected chi connectivity index (χ0v) is 22.4. The van der Waals surface area contributed by atoms with Crippen LogP contribution < -0.4 is 15.4 Å². The van der Waals surface area contributed by atoms with Gasteiger partial charge in [-0.05, 0) is 71.7 Å². The number of ether oxygens (including phenoxy) is 1. The highest BCUT2D eigenvalue weighted by atomic mass is 16.5. The molecular formula is C31H37N3O3. The Bertz CT molecular complexity index is 1280. The van der Waals surface area contributed by atoms with Gasteiger partial charge in [0, 0.05) is 29.8 Å². The molecule has 6 nitrogen and oxygen atoms in total. The van der Waals surface area contributed by atoms with E-state index in [9.17, 15) is 9.59 Å². The Balaban J connectivity index is 1.41. The predicted octanol–water partition coefficient (Wildman–Crippen LogP) is 6.19. The summed E-state index contributed by atoms with van der Waals surface area (Å²) in [6.07, 6.45) is 4.05. The number of nitrogens with one attached hydrogen (secondary N) is 2. The van der Waals surface area contributed by atoms with Crippen LogP contribution in [0.15, 0.2) is 60.8 Å². The summed E-state index contributed by atoms with van der Waals surface area (Å²) in [7, 11) is 0. The first-order valence-electron chi connectivity index (χ1n) is 13.0. The van der Waals surface area contributed by atoms with Crippen molar-refractivity contribution < 1.29 is 14.3 Å². The fourth-order valence-electron chi connectivity index (χ4n) is 4.46. The van der Waals surface area contributed by atoms with E-state index in [1.165, 1.54) is 11.1 Å². The average Bonchev–Trinajstić information content (AvgIpc) is 2.86. The van der Waals surface area contributed by atoms with Crippen LogP contribution in [-0.2, 0) is 34.4 Å². The van der Waals surface area contributed by atoms with E-state index < -0.39 is 0 Å². The van der Waals surface area contributed by atoms with Crippen LogP contribution >= 0.6 is 0 Å². The van der Waals surface area contributed by atoms with Gasteiger partial charge < -0.3 is 15.4 Å². The molecule has 1 atom stereocenters. The smallest absolute Gasteiger partial charge is 0.227 e. The average molecular weight is 500 g/mol. The zero-order valence-electron chi connectivity index (χ0n) is 22.4. The van der Waals surface area contributed by atoms with Crippen molar-refractivity contribution in [1.82, 2.24) is 10.3 Å². The molecule has 0 radical (unpaired) electrons.